The predicted octanol–water partition coefficient (Wildman–Crippen LogP) is 0.868. The second-order valence-electron chi connectivity index (χ2n) is 6.22. The first-order valence-corrected chi connectivity index (χ1v) is 11.7. The van der Waals surface area contributed by atoms with Crippen LogP contribution in [0.5, 0.6) is 0 Å². The van der Waals surface area contributed by atoms with Gasteiger partial charge in [-0.05, 0) is 36.4 Å². The summed E-state index contributed by atoms with van der Waals surface area (Å²) in [5, 5.41) is 2.45. The highest BCUT2D eigenvalue weighted by molar-refractivity contribution is 7.92. The normalized spacial score (nSPS) is 15.6. The number of benzene rings is 2. The molecule has 2 aromatic carbocycles. The lowest BCUT2D eigenvalue weighted by atomic mass is 10.2. The molecule has 11 heteroatoms. The van der Waals surface area contributed by atoms with E-state index in [9.17, 15) is 21.6 Å². The quantitative estimate of drug-likeness (QED) is 0.689. The first-order chi connectivity index (χ1) is 13.8. The van der Waals surface area contributed by atoms with Crippen molar-refractivity contribution in [1.82, 2.24) is 9.62 Å². The van der Waals surface area contributed by atoms with Gasteiger partial charge in [-0.15, -0.1) is 0 Å². The van der Waals surface area contributed by atoms with Crippen molar-refractivity contribution in [2.75, 3.05) is 38.1 Å². The Labute approximate surface area is 169 Å². The van der Waals surface area contributed by atoms with Gasteiger partial charge in [0.2, 0.25) is 10.0 Å². The molecule has 1 heterocycles. The van der Waals surface area contributed by atoms with Gasteiger partial charge in [0, 0.05) is 20.1 Å². The Balaban J connectivity index is 1.85. The molecule has 1 saturated heterocycles. The van der Waals surface area contributed by atoms with Crippen LogP contribution in [0, 0.1) is 0 Å². The Morgan fingerprint density at radius 1 is 0.931 bits per heavy atom. The molecule has 0 aliphatic carbocycles. The summed E-state index contributed by atoms with van der Waals surface area (Å²) >= 11 is 0. The minimum atomic E-state index is -4.02. The van der Waals surface area contributed by atoms with Gasteiger partial charge in [0.25, 0.3) is 15.9 Å². The van der Waals surface area contributed by atoms with E-state index in [1.54, 1.807) is 12.1 Å². The standard InChI is InChI=1S/C18H21N3O6S2/c1-19-18(22)16-4-2-3-5-17(16)20-28(23,24)14-6-8-15(9-7-14)29(25,26)21-10-12-27-13-11-21/h2-9,20H,10-13H2,1H3,(H,19,22). The predicted molar refractivity (Wildman–Crippen MR) is 107 cm³/mol. The van der Waals surface area contributed by atoms with Crippen LogP contribution in [0.25, 0.3) is 0 Å². The number of rotatable bonds is 6. The maximum absolute atomic E-state index is 12.7. The van der Waals surface area contributed by atoms with E-state index in [0.29, 0.717) is 13.2 Å². The summed E-state index contributed by atoms with van der Waals surface area (Å²) in [6, 6.07) is 11.1. The molecule has 0 aromatic heterocycles. The van der Waals surface area contributed by atoms with Crippen molar-refractivity contribution in [1.29, 1.82) is 0 Å². The molecule has 0 bridgehead atoms. The lowest BCUT2D eigenvalue weighted by molar-refractivity contribution is 0.0730. The SMILES string of the molecule is CNC(=O)c1ccccc1NS(=O)(=O)c1ccc(S(=O)(=O)N2CCOCC2)cc1. The van der Waals surface area contributed by atoms with E-state index in [-0.39, 0.29) is 34.1 Å². The van der Waals surface area contributed by atoms with Gasteiger partial charge in [0.1, 0.15) is 0 Å². The molecule has 9 nitrogen and oxygen atoms in total. The summed E-state index contributed by atoms with van der Waals surface area (Å²) in [7, 11) is -6.30. The zero-order valence-corrected chi connectivity index (χ0v) is 17.3. The number of hydrogen-bond acceptors (Lipinski definition) is 6. The fourth-order valence-corrected chi connectivity index (χ4v) is 5.32. The van der Waals surface area contributed by atoms with Gasteiger partial charge in [0.15, 0.2) is 0 Å². The van der Waals surface area contributed by atoms with Crippen molar-refractivity contribution in [2.45, 2.75) is 9.79 Å². The Bertz CT molecular complexity index is 1090. The van der Waals surface area contributed by atoms with Crippen LogP contribution in [-0.4, -0.2) is 60.4 Å². The number of sulfonamides is 2. The molecule has 1 aliphatic rings. The summed E-state index contributed by atoms with van der Waals surface area (Å²) in [4.78, 5) is 11.8. The smallest absolute Gasteiger partial charge is 0.261 e. The number of ether oxygens (including phenoxy) is 1. The van der Waals surface area contributed by atoms with Crippen molar-refractivity contribution < 1.29 is 26.4 Å². The molecule has 0 saturated carbocycles. The van der Waals surface area contributed by atoms with Crippen LogP contribution >= 0.6 is 0 Å². The van der Waals surface area contributed by atoms with Gasteiger partial charge >= 0.3 is 0 Å². The third-order valence-electron chi connectivity index (χ3n) is 4.38. The summed E-state index contributed by atoms with van der Waals surface area (Å²) in [5.41, 5.74) is 0.293. The van der Waals surface area contributed by atoms with E-state index in [2.05, 4.69) is 10.0 Å². The highest BCUT2D eigenvalue weighted by Crippen LogP contribution is 2.23. The second-order valence-corrected chi connectivity index (χ2v) is 9.84. The van der Waals surface area contributed by atoms with E-state index >= 15 is 0 Å². The molecule has 0 spiro atoms. The summed E-state index contributed by atoms with van der Waals surface area (Å²) in [6.45, 7) is 1.14. The molecule has 0 radical (unpaired) electrons. The topological polar surface area (TPSA) is 122 Å². The first-order valence-electron chi connectivity index (χ1n) is 8.77. The molecular formula is C18H21N3O6S2. The van der Waals surface area contributed by atoms with Crippen molar-refractivity contribution in [3.05, 3.63) is 54.1 Å². The minimum Gasteiger partial charge on any atom is -0.379 e. The number of carbonyl (C=O) groups excluding carboxylic acids is 1. The number of morpholine rings is 1. The number of nitrogens with one attached hydrogen (secondary N) is 2. The van der Waals surface area contributed by atoms with E-state index in [4.69, 9.17) is 4.74 Å². The first kappa shape index (κ1) is 21.2. The molecule has 2 N–H and O–H groups in total. The van der Waals surface area contributed by atoms with Crippen LogP contribution in [0.4, 0.5) is 5.69 Å². The summed E-state index contributed by atoms with van der Waals surface area (Å²) < 4.78 is 59.6. The molecule has 1 aliphatic heterocycles. The molecule has 2 aromatic rings. The maximum Gasteiger partial charge on any atom is 0.261 e. The van der Waals surface area contributed by atoms with Crippen LogP contribution in [0.3, 0.4) is 0 Å². The monoisotopic (exact) mass is 439 g/mol. The number of hydrogen-bond donors (Lipinski definition) is 2. The molecule has 156 valence electrons. The fraction of sp³-hybridized carbons (Fsp3) is 0.278. The van der Waals surface area contributed by atoms with Gasteiger partial charge in [-0.25, -0.2) is 16.8 Å². The average molecular weight is 440 g/mol. The molecular weight excluding hydrogens is 418 g/mol. The lowest BCUT2D eigenvalue weighted by Crippen LogP contribution is -2.40. The Hall–Kier alpha value is -2.47. The number of para-hydroxylation sites is 1. The van der Waals surface area contributed by atoms with Crippen molar-refractivity contribution in [2.24, 2.45) is 0 Å². The number of amides is 1. The van der Waals surface area contributed by atoms with Gasteiger partial charge < -0.3 is 10.1 Å². The van der Waals surface area contributed by atoms with E-state index < -0.39 is 26.0 Å². The molecule has 0 unspecified atom stereocenters. The highest BCUT2D eigenvalue weighted by atomic mass is 32.2. The Morgan fingerprint density at radius 2 is 1.52 bits per heavy atom. The number of anilines is 1. The molecule has 1 amide bonds. The van der Waals surface area contributed by atoms with Crippen LogP contribution in [0.1, 0.15) is 10.4 Å². The van der Waals surface area contributed by atoms with Crippen LogP contribution in [-0.2, 0) is 24.8 Å². The van der Waals surface area contributed by atoms with Gasteiger partial charge in [-0.2, -0.15) is 4.31 Å². The lowest BCUT2D eigenvalue weighted by Gasteiger charge is -2.26. The summed E-state index contributed by atoms with van der Waals surface area (Å²) in [5.74, 6) is -0.435. The zero-order valence-electron chi connectivity index (χ0n) is 15.7. The maximum atomic E-state index is 12.7. The Morgan fingerprint density at radius 3 is 2.14 bits per heavy atom. The van der Waals surface area contributed by atoms with Gasteiger partial charge in [-0.1, -0.05) is 12.1 Å². The van der Waals surface area contributed by atoms with E-state index in [0.717, 1.165) is 0 Å². The number of carbonyl (C=O) groups is 1. The zero-order chi connectivity index (χ0) is 21.1. The molecule has 1 fully saturated rings. The summed E-state index contributed by atoms with van der Waals surface area (Å²) in [6.07, 6.45) is 0. The van der Waals surface area contributed by atoms with Crippen LogP contribution in [0.15, 0.2) is 58.3 Å². The molecule has 3 rings (SSSR count). The van der Waals surface area contributed by atoms with Crippen molar-refractivity contribution >= 4 is 31.6 Å². The van der Waals surface area contributed by atoms with Crippen LogP contribution in [0.2, 0.25) is 0 Å². The second kappa shape index (κ2) is 8.49. The number of nitrogens with zero attached hydrogens (tertiary/aromatic N) is 1. The highest BCUT2D eigenvalue weighted by Gasteiger charge is 2.27. The van der Waals surface area contributed by atoms with Crippen LogP contribution < -0.4 is 10.0 Å². The third kappa shape index (κ3) is 4.58. The Kier molecular flexibility index (Phi) is 6.22. The van der Waals surface area contributed by atoms with E-state index in [1.807, 2.05) is 0 Å². The molecule has 29 heavy (non-hydrogen) atoms. The van der Waals surface area contributed by atoms with Gasteiger partial charge in [-0.3, -0.25) is 9.52 Å². The third-order valence-corrected chi connectivity index (χ3v) is 7.68. The van der Waals surface area contributed by atoms with Crippen molar-refractivity contribution in [3.63, 3.8) is 0 Å². The molecule has 0 atom stereocenters. The minimum absolute atomic E-state index is 0.00381. The van der Waals surface area contributed by atoms with Gasteiger partial charge in [0.05, 0.1) is 34.3 Å². The average Bonchev–Trinajstić information content (AvgIpc) is 2.74. The van der Waals surface area contributed by atoms with E-state index in [1.165, 1.54) is 47.8 Å². The largest absolute Gasteiger partial charge is 0.379 e. The fourth-order valence-electron chi connectivity index (χ4n) is 2.84. The van der Waals surface area contributed by atoms with Crippen molar-refractivity contribution in [3.8, 4) is 0 Å².